The van der Waals surface area contributed by atoms with Crippen LogP contribution in [0.1, 0.15) is 25.0 Å². The standard InChI is InChI=1S/C13H19N3O2S/c1-18-11-10(16-5-7-19-12(16)15-11)8-14-9-13(2-3-13)4-6-17/h5,7,14,17H,2-4,6,8-9H2,1H3. The molecule has 0 unspecified atom stereocenters. The van der Waals surface area contributed by atoms with Crippen molar-refractivity contribution in [3.8, 4) is 5.88 Å². The van der Waals surface area contributed by atoms with Gasteiger partial charge >= 0.3 is 0 Å². The van der Waals surface area contributed by atoms with Crippen molar-refractivity contribution in [2.45, 2.75) is 25.8 Å². The molecule has 1 saturated carbocycles. The molecule has 0 saturated heterocycles. The summed E-state index contributed by atoms with van der Waals surface area (Å²) in [4.78, 5) is 5.40. The maximum absolute atomic E-state index is 9.06. The molecule has 0 amide bonds. The molecule has 5 nitrogen and oxygen atoms in total. The predicted molar refractivity (Wildman–Crippen MR) is 74.7 cm³/mol. The summed E-state index contributed by atoms with van der Waals surface area (Å²) in [5.74, 6) is 0.700. The first-order valence-electron chi connectivity index (χ1n) is 6.58. The molecule has 6 heteroatoms. The molecule has 0 aliphatic heterocycles. The average molecular weight is 281 g/mol. The fourth-order valence-electron chi connectivity index (χ4n) is 2.51. The minimum absolute atomic E-state index is 0.284. The van der Waals surface area contributed by atoms with E-state index in [0.717, 1.165) is 30.2 Å². The summed E-state index contributed by atoms with van der Waals surface area (Å²) >= 11 is 1.61. The van der Waals surface area contributed by atoms with Gasteiger partial charge in [-0.1, -0.05) is 0 Å². The van der Waals surface area contributed by atoms with Crippen LogP contribution < -0.4 is 10.1 Å². The molecule has 2 N–H and O–H groups in total. The molecule has 19 heavy (non-hydrogen) atoms. The highest BCUT2D eigenvalue weighted by Gasteiger charge is 2.41. The Bertz CT molecular complexity index is 559. The monoisotopic (exact) mass is 281 g/mol. The molecule has 1 aliphatic rings. The lowest BCUT2D eigenvalue weighted by Crippen LogP contribution is -2.25. The average Bonchev–Trinajstić information content (AvgIpc) is 2.87. The second-order valence-corrected chi connectivity index (χ2v) is 6.07. The Morgan fingerprint density at radius 1 is 1.58 bits per heavy atom. The van der Waals surface area contributed by atoms with E-state index in [1.807, 2.05) is 11.6 Å². The van der Waals surface area contributed by atoms with Gasteiger partial charge in [-0.05, 0) is 24.7 Å². The number of hydrogen-bond acceptors (Lipinski definition) is 5. The number of thiazole rings is 1. The van der Waals surface area contributed by atoms with Crippen LogP contribution in [-0.4, -0.2) is 34.8 Å². The van der Waals surface area contributed by atoms with Crippen LogP contribution in [-0.2, 0) is 6.54 Å². The van der Waals surface area contributed by atoms with Crippen LogP contribution in [0, 0.1) is 5.41 Å². The number of imidazole rings is 1. The van der Waals surface area contributed by atoms with Gasteiger partial charge < -0.3 is 15.2 Å². The van der Waals surface area contributed by atoms with E-state index in [4.69, 9.17) is 9.84 Å². The molecule has 2 heterocycles. The van der Waals surface area contributed by atoms with Gasteiger partial charge in [-0.3, -0.25) is 4.40 Å². The number of nitrogens with zero attached hydrogens (tertiary/aromatic N) is 2. The predicted octanol–water partition coefficient (Wildman–Crippen LogP) is 1.66. The molecule has 2 aromatic heterocycles. The third kappa shape index (κ3) is 2.48. The van der Waals surface area contributed by atoms with Gasteiger partial charge in [-0.25, -0.2) is 0 Å². The van der Waals surface area contributed by atoms with Crippen molar-refractivity contribution in [3.63, 3.8) is 0 Å². The number of methoxy groups -OCH3 is 1. The minimum Gasteiger partial charge on any atom is -0.480 e. The SMILES string of the molecule is COc1nc2sccn2c1CNCC1(CCO)CC1. The molecule has 1 aliphatic carbocycles. The summed E-state index contributed by atoms with van der Waals surface area (Å²) in [7, 11) is 1.66. The van der Waals surface area contributed by atoms with Crippen LogP contribution >= 0.6 is 11.3 Å². The van der Waals surface area contributed by atoms with Gasteiger partial charge in [0.15, 0.2) is 4.96 Å². The first-order chi connectivity index (χ1) is 9.28. The Morgan fingerprint density at radius 2 is 2.42 bits per heavy atom. The topological polar surface area (TPSA) is 58.8 Å². The largest absolute Gasteiger partial charge is 0.480 e. The highest BCUT2D eigenvalue weighted by Crippen LogP contribution is 2.47. The fourth-order valence-corrected chi connectivity index (χ4v) is 3.24. The molecular formula is C13H19N3O2S. The zero-order valence-electron chi connectivity index (χ0n) is 11.1. The van der Waals surface area contributed by atoms with Crippen molar-refractivity contribution in [2.75, 3.05) is 20.3 Å². The number of fused-ring (bicyclic) bond motifs is 1. The van der Waals surface area contributed by atoms with E-state index in [0.29, 0.717) is 11.3 Å². The third-order valence-electron chi connectivity index (χ3n) is 3.91. The Labute approximate surface area is 116 Å². The first-order valence-corrected chi connectivity index (χ1v) is 7.46. The van der Waals surface area contributed by atoms with Gasteiger partial charge in [-0.15, -0.1) is 11.3 Å². The Hall–Kier alpha value is -1.11. The van der Waals surface area contributed by atoms with Crippen molar-refractivity contribution in [1.29, 1.82) is 0 Å². The van der Waals surface area contributed by atoms with Gasteiger partial charge in [0.05, 0.1) is 7.11 Å². The van der Waals surface area contributed by atoms with E-state index >= 15 is 0 Å². The zero-order chi connectivity index (χ0) is 13.3. The fraction of sp³-hybridized carbons (Fsp3) is 0.615. The smallest absolute Gasteiger partial charge is 0.237 e. The van der Waals surface area contributed by atoms with Crippen LogP contribution in [0.25, 0.3) is 4.96 Å². The summed E-state index contributed by atoms with van der Waals surface area (Å²) < 4.78 is 7.40. The minimum atomic E-state index is 0.284. The summed E-state index contributed by atoms with van der Waals surface area (Å²) in [5.41, 5.74) is 1.40. The van der Waals surface area contributed by atoms with E-state index in [-0.39, 0.29) is 6.61 Å². The van der Waals surface area contributed by atoms with E-state index in [1.165, 1.54) is 12.8 Å². The second kappa shape index (κ2) is 5.11. The Kier molecular flexibility index (Phi) is 3.47. The second-order valence-electron chi connectivity index (χ2n) is 5.20. The maximum Gasteiger partial charge on any atom is 0.237 e. The van der Waals surface area contributed by atoms with Gasteiger partial charge in [0.25, 0.3) is 0 Å². The van der Waals surface area contributed by atoms with Crippen LogP contribution in [0.3, 0.4) is 0 Å². The summed E-state index contributed by atoms with van der Waals surface area (Å²) in [6.07, 6.45) is 5.36. The molecule has 104 valence electrons. The molecular weight excluding hydrogens is 262 g/mol. The number of rotatable bonds is 7. The first kappa shape index (κ1) is 12.9. The van der Waals surface area contributed by atoms with Gasteiger partial charge in [0.1, 0.15) is 5.69 Å². The molecule has 3 rings (SSSR count). The van der Waals surface area contributed by atoms with Crippen LogP contribution in [0.15, 0.2) is 11.6 Å². The van der Waals surface area contributed by atoms with Gasteiger partial charge in [0.2, 0.25) is 5.88 Å². The number of nitrogens with one attached hydrogen (secondary N) is 1. The lowest BCUT2D eigenvalue weighted by molar-refractivity contribution is 0.245. The highest BCUT2D eigenvalue weighted by molar-refractivity contribution is 7.15. The molecule has 1 fully saturated rings. The lowest BCUT2D eigenvalue weighted by Gasteiger charge is -2.14. The lowest BCUT2D eigenvalue weighted by atomic mass is 10.0. The van der Waals surface area contributed by atoms with Crippen LogP contribution in [0.4, 0.5) is 0 Å². The molecule has 0 aromatic carbocycles. The molecule has 0 bridgehead atoms. The number of ether oxygens (including phenoxy) is 1. The quantitative estimate of drug-likeness (QED) is 0.810. The van der Waals surface area contributed by atoms with Crippen molar-refractivity contribution < 1.29 is 9.84 Å². The molecule has 0 atom stereocenters. The molecule has 2 aromatic rings. The molecule has 0 radical (unpaired) electrons. The van der Waals surface area contributed by atoms with Gasteiger partial charge in [-0.2, -0.15) is 4.98 Å². The van der Waals surface area contributed by atoms with Crippen molar-refractivity contribution in [3.05, 3.63) is 17.3 Å². The van der Waals surface area contributed by atoms with Crippen molar-refractivity contribution in [2.24, 2.45) is 5.41 Å². The van der Waals surface area contributed by atoms with E-state index in [1.54, 1.807) is 18.4 Å². The normalized spacial score (nSPS) is 16.9. The van der Waals surface area contributed by atoms with Gasteiger partial charge in [0, 0.05) is 31.3 Å². The zero-order valence-corrected chi connectivity index (χ0v) is 11.9. The van der Waals surface area contributed by atoms with E-state index in [2.05, 4.69) is 14.7 Å². The number of hydrogen-bond donors (Lipinski definition) is 2. The van der Waals surface area contributed by atoms with E-state index in [9.17, 15) is 0 Å². The summed E-state index contributed by atoms with van der Waals surface area (Å²) in [6, 6.07) is 0. The number of aliphatic hydroxyl groups is 1. The molecule has 0 spiro atoms. The Balaban J connectivity index is 1.66. The number of aromatic nitrogens is 2. The van der Waals surface area contributed by atoms with Crippen LogP contribution in [0.2, 0.25) is 0 Å². The van der Waals surface area contributed by atoms with Crippen molar-refractivity contribution >= 4 is 16.3 Å². The number of aliphatic hydroxyl groups excluding tert-OH is 1. The third-order valence-corrected chi connectivity index (χ3v) is 4.67. The summed E-state index contributed by atoms with van der Waals surface area (Å²) in [6.45, 7) is 1.98. The highest BCUT2D eigenvalue weighted by atomic mass is 32.1. The van der Waals surface area contributed by atoms with Crippen LogP contribution in [0.5, 0.6) is 5.88 Å². The van der Waals surface area contributed by atoms with Crippen molar-refractivity contribution in [1.82, 2.24) is 14.7 Å². The summed E-state index contributed by atoms with van der Waals surface area (Å²) in [5, 5.41) is 14.6. The Morgan fingerprint density at radius 3 is 3.11 bits per heavy atom. The maximum atomic E-state index is 9.06. The van der Waals surface area contributed by atoms with E-state index < -0.39 is 0 Å².